The third-order valence-electron chi connectivity index (χ3n) is 4.95. The normalized spacial score (nSPS) is 18.0. The highest BCUT2D eigenvalue weighted by Crippen LogP contribution is 2.24. The maximum absolute atomic E-state index is 13.3. The Labute approximate surface area is 167 Å². The first-order valence-electron chi connectivity index (χ1n) is 9.76. The Balaban J connectivity index is 1.83. The van der Waals surface area contributed by atoms with Crippen molar-refractivity contribution < 1.29 is 17.9 Å². The molecule has 2 aromatic rings. The van der Waals surface area contributed by atoms with E-state index in [1.54, 1.807) is 23.1 Å². The van der Waals surface area contributed by atoms with Crippen molar-refractivity contribution in [3.05, 3.63) is 65.7 Å². The first-order chi connectivity index (χ1) is 13.5. The van der Waals surface area contributed by atoms with Gasteiger partial charge in [-0.25, -0.2) is 8.42 Å². The second-order valence-corrected chi connectivity index (χ2v) is 9.43. The smallest absolute Gasteiger partial charge is 0.254 e. The molecule has 1 saturated heterocycles. The van der Waals surface area contributed by atoms with E-state index >= 15 is 0 Å². The SMILES string of the molecule is CCCCOc1cccc(C(=O)N(Cc2ccccc2)[C@@H]2CCS(=O)(=O)C2)c1. The Bertz CT molecular complexity index is 896. The lowest BCUT2D eigenvalue weighted by Gasteiger charge is -2.28. The fraction of sp³-hybridized carbons (Fsp3) is 0.409. The minimum Gasteiger partial charge on any atom is -0.494 e. The maximum atomic E-state index is 13.3. The molecule has 6 heteroatoms. The van der Waals surface area contributed by atoms with Crippen LogP contribution in [-0.4, -0.2) is 43.4 Å². The van der Waals surface area contributed by atoms with E-state index in [9.17, 15) is 13.2 Å². The number of unbranched alkanes of at least 4 members (excludes halogenated alkanes) is 1. The number of hydrogen-bond donors (Lipinski definition) is 0. The minimum atomic E-state index is -3.09. The van der Waals surface area contributed by atoms with Gasteiger partial charge in [0.05, 0.1) is 18.1 Å². The van der Waals surface area contributed by atoms with Gasteiger partial charge < -0.3 is 9.64 Å². The molecule has 1 heterocycles. The molecule has 150 valence electrons. The number of hydrogen-bond acceptors (Lipinski definition) is 4. The molecule has 1 amide bonds. The lowest BCUT2D eigenvalue weighted by atomic mass is 10.1. The average molecular weight is 402 g/mol. The molecular weight excluding hydrogens is 374 g/mol. The van der Waals surface area contributed by atoms with Gasteiger partial charge in [-0.05, 0) is 36.6 Å². The van der Waals surface area contributed by atoms with E-state index in [0.29, 0.717) is 30.9 Å². The van der Waals surface area contributed by atoms with E-state index in [-0.39, 0.29) is 23.5 Å². The van der Waals surface area contributed by atoms with Gasteiger partial charge in [-0.1, -0.05) is 49.7 Å². The van der Waals surface area contributed by atoms with Crippen LogP contribution >= 0.6 is 0 Å². The van der Waals surface area contributed by atoms with Crippen molar-refractivity contribution in [2.24, 2.45) is 0 Å². The van der Waals surface area contributed by atoms with Crippen LogP contribution in [0.3, 0.4) is 0 Å². The number of benzene rings is 2. The molecule has 1 fully saturated rings. The van der Waals surface area contributed by atoms with Crippen LogP contribution in [-0.2, 0) is 16.4 Å². The van der Waals surface area contributed by atoms with E-state index < -0.39 is 9.84 Å². The molecule has 1 aliphatic heterocycles. The summed E-state index contributed by atoms with van der Waals surface area (Å²) in [4.78, 5) is 15.0. The molecule has 1 aliphatic rings. The van der Waals surface area contributed by atoms with Crippen molar-refractivity contribution in [2.45, 2.75) is 38.8 Å². The van der Waals surface area contributed by atoms with Gasteiger partial charge in [0.25, 0.3) is 5.91 Å². The second-order valence-electron chi connectivity index (χ2n) is 7.21. The molecule has 1 atom stereocenters. The number of ether oxygens (including phenoxy) is 1. The fourth-order valence-corrected chi connectivity index (χ4v) is 5.12. The first-order valence-corrected chi connectivity index (χ1v) is 11.6. The molecule has 28 heavy (non-hydrogen) atoms. The van der Waals surface area contributed by atoms with Crippen LogP contribution < -0.4 is 4.74 Å². The Morgan fingerprint density at radius 2 is 1.93 bits per heavy atom. The summed E-state index contributed by atoms with van der Waals surface area (Å²) in [5.74, 6) is 0.666. The van der Waals surface area contributed by atoms with E-state index in [1.165, 1.54) is 0 Å². The number of carbonyl (C=O) groups is 1. The van der Waals surface area contributed by atoms with Gasteiger partial charge in [0.1, 0.15) is 5.75 Å². The quantitative estimate of drug-likeness (QED) is 0.633. The Kier molecular flexibility index (Phi) is 6.73. The van der Waals surface area contributed by atoms with E-state index in [1.807, 2.05) is 36.4 Å². The van der Waals surface area contributed by atoms with Gasteiger partial charge in [0.2, 0.25) is 0 Å². The van der Waals surface area contributed by atoms with Gasteiger partial charge in [-0.2, -0.15) is 0 Å². The van der Waals surface area contributed by atoms with Crippen LogP contribution in [0, 0.1) is 0 Å². The molecule has 0 spiro atoms. The summed E-state index contributed by atoms with van der Waals surface area (Å²) >= 11 is 0. The fourth-order valence-electron chi connectivity index (χ4n) is 3.39. The highest BCUT2D eigenvalue weighted by molar-refractivity contribution is 7.91. The Morgan fingerprint density at radius 1 is 1.14 bits per heavy atom. The topological polar surface area (TPSA) is 63.7 Å². The zero-order valence-corrected chi connectivity index (χ0v) is 17.0. The molecule has 2 aromatic carbocycles. The predicted octanol–water partition coefficient (Wildman–Crippen LogP) is 3.70. The third-order valence-corrected chi connectivity index (χ3v) is 6.70. The van der Waals surface area contributed by atoms with E-state index in [2.05, 4.69) is 6.92 Å². The molecule has 0 bridgehead atoms. The molecule has 0 aliphatic carbocycles. The summed E-state index contributed by atoms with van der Waals surface area (Å²) in [6, 6.07) is 16.5. The average Bonchev–Trinajstić information content (AvgIpc) is 3.06. The summed E-state index contributed by atoms with van der Waals surface area (Å²) in [6.45, 7) is 3.10. The van der Waals surface area contributed by atoms with Gasteiger partial charge in [-0.3, -0.25) is 4.79 Å². The van der Waals surface area contributed by atoms with Crippen molar-refractivity contribution in [1.29, 1.82) is 0 Å². The van der Waals surface area contributed by atoms with Crippen LogP contribution in [0.1, 0.15) is 42.1 Å². The van der Waals surface area contributed by atoms with Gasteiger partial charge in [0, 0.05) is 18.2 Å². The van der Waals surface area contributed by atoms with Crippen LogP contribution in [0.15, 0.2) is 54.6 Å². The van der Waals surface area contributed by atoms with Crippen LogP contribution in [0.25, 0.3) is 0 Å². The molecular formula is C22H27NO4S. The molecule has 0 N–H and O–H groups in total. The summed E-state index contributed by atoms with van der Waals surface area (Å²) in [7, 11) is -3.09. The Hall–Kier alpha value is -2.34. The largest absolute Gasteiger partial charge is 0.494 e. The minimum absolute atomic E-state index is 0.0261. The molecule has 3 rings (SSSR count). The molecule has 0 saturated carbocycles. The maximum Gasteiger partial charge on any atom is 0.254 e. The second kappa shape index (κ2) is 9.24. The third kappa shape index (κ3) is 5.35. The van der Waals surface area contributed by atoms with Crippen LogP contribution in [0.4, 0.5) is 0 Å². The number of amides is 1. The number of rotatable bonds is 8. The van der Waals surface area contributed by atoms with Crippen LogP contribution in [0.5, 0.6) is 5.75 Å². The lowest BCUT2D eigenvalue weighted by Crippen LogP contribution is -2.40. The van der Waals surface area contributed by atoms with Crippen molar-refractivity contribution in [2.75, 3.05) is 18.1 Å². The lowest BCUT2D eigenvalue weighted by molar-refractivity contribution is 0.0680. The highest BCUT2D eigenvalue weighted by Gasteiger charge is 2.35. The van der Waals surface area contributed by atoms with Crippen LogP contribution in [0.2, 0.25) is 0 Å². The zero-order chi connectivity index (χ0) is 20.0. The number of nitrogens with zero attached hydrogens (tertiary/aromatic N) is 1. The van der Waals surface area contributed by atoms with Crippen molar-refractivity contribution in [3.8, 4) is 5.75 Å². The first kappa shape index (κ1) is 20.4. The predicted molar refractivity (Wildman–Crippen MR) is 110 cm³/mol. The summed E-state index contributed by atoms with van der Waals surface area (Å²) in [5, 5.41) is 0. The molecule has 0 radical (unpaired) electrons. The van der Waals surface area contributed by atoms with Gasteiger partial charge in [0.15, 0.2) is 9.84 Å². The number of carbonyl (C=O) groups excluding carboxylic acids is 1. The summed E-state index contributed by atoms with van der Waals surface area (Å²) in [5.41, 5.74) is 1.50. The van der Waals surface area contributed by atoms with Crippen molar-refractivity contribution in [1.82, 2.24) is 4.90 Å². The van der Waals surface area contributed by atoms with E-state index in [0.717, 1.165) is 18.4 Å². The molecule has 5 nitrogen and oxygen atoms in total. The monoisotopic (exact) mass is 401 g/mol. The molecule has 0 aromatic heterocycles. The Morgan fingerprint density at radius 3 is 2.61 bits per heavy atom. The standard InChI is InChI=1S/C22H27NO4S/c1-2-3-13-27-21-11-7-10-19(15-21)22(24)23(16-18-8-5-4-6-9-18)20-12-14-28(25,26)17-20/h4-11,15,20H,2-3,12-14,16-17H2,1H3/t20-/m1/s1. The van der Waals surface area contributed by atoms with E-state index in [4.69, 9.17) is 4.74 Å². The number of sulfone groups is 1. The van der Waals surface area contributed by atoms with Crippen molar-refractivity contribution in [3.63, 3.8) is 0 Å². The van der Waals surface area contributed by atoms with Gasteiger partial charge in [-0.15, -0.1) is 0 Å². The molecule has 0 unspecified atom stereocenters. The van der Waals surface area contributed by atoms with Gasteiger partial charge >= 0.3 is 0 Å². The zero-order valence-electron chi connectivity index (χ0n) is 16.2. The van der Waals surface area contributed by atoms with Crippen molar-refractivity contribution >= 4 is 15.7 Å². The highest BCUT2D eigenvalue weighted by atomic mass is 32.2. The summed E-state index contributed by atoms with van der Waals surface area (Å²) in [6.07, 6.45) is 2.48. The summed E-state index contributed by atoms with van der Waals surface area (Å²) < 4.78 is 29.7.